The number of carboxylic acids is 1. The molecule has 2 aromatic rings. The Labute approximate surface area is 127 Å². The van der Waals surface area contributed by atoms with Crippen molar-refractivity contribution in [2.24, 2.45) is 0 Å². The van der Waals surface area contributed by atoms with E-state index >= 15 is 0 Å². The molecule has 0 radical (unpaired) electrons. The van der Waals surface area contributed by atoms with Gasteiger partial charge >= 0.3 is 5.97 Å². The predicted octanol–water partition coefficient (Wildman–Crippen LogP) is 1.69. The van der Waals surface area contributed by atoms with Crippen LogP contribution in [0.15, 0.2) is 30.6 Å². The van der Waals surface area contributed by atoms with Crippen LogP contribution in [0.5, 0.6) is 0 Å². The smallest absolute Gasteiger partial charge is 0.303 e. The number of carboxylic acid groups (broad SMARTS) is 1. The van der Waals surface area contributed by atoms with Gasteiger partial charge in [0, 0.05) is 24.8 Å². The van der Waals surface area contributed by atoms with Gasteiger partial charge in [-0.25, -0.2) is 0 Å². The van der Waals surface area contributed by atoms with Crippen molar-refractivity contribution < 1.29 is 14.7 Å². The molecule has 1 N–H and O–H groups in total. The number of rotatable bonds is 8. The summed E-state index contributed by atoms with van der Waals surface area (Å²) >= 11 is 0. The van der Waals surface area contributed by atoms with Gasteiger partial charge in [0.15, 0.2) is 6.33 Å². The second-order valence-corrected chi connectivity index (χ2v) is 4.85. The number of ketones is 1. The Bertz CT molecular complexity index is 629. The lowest BCUT2D eigenvalue weighted by Gasteiger charge is -2.03. The van der Waals surface area contributed by atoms with E-state index in [1.54, 1.807) is 0 Å². The Morgan fingerprint density at radius 3 is 2.27 bits per heavy atom. The summed E-state index contributed by atoms with van der Waals surface area (Å²) < 4.78 is 0. The first-order chi connectivity index (χ1) is 10.6. The molecule has 1 aromatic carbocycles. The van der Waals surface area contributed by atoms with Gasteiger partial charge in [-0.15, -0.1) is 20.4 Å². The van der Waals surface area contributed by atoms with Crippen molar-refractivity contribution in [3.05, 3.63) is 36.2 Å². The van der Waals surface area contributed by atoms with Crippen molar-refractivity contribution in [2.45, 2.75) is 32.1 Å². The molecule has 7 nitrogen and oxygen atoms in total. The minimum atomic E-state index is -0.865. The molecule has 0 spiro atoms. The third-order valence-electron chi connectivity index (χ3n) is 3.16. The van der Waals surface area contributed by atoms with Crippen LogP contribution in [-0.4, -0.2) is 37.3 Å². The normalized spacial score (nSPS) is 10.4. The number of nitrogens with zero attached hydrogens (tertiary/aromatic N) is 4. The van der Waals surface area contributed by atoms with Crippen molar-refractivity contribution >= 4 is 11.8 Å². The minimum absolute atomic E-state index is 0.0413. The number of hydrogen-bond donors (Lipinski definition) is 1. The van der Waals surface area contributed by atoms with E-state index in [0.717, 1.165) is 11.1 Å². The van der Waals surface area contributed by atoms with Crippen molar-refractivity contribution in [1.29, 1.82) is 0 Å². The quantitative estimate of drug-likeness (QED) is 0.790. The SMILES string of the molecule is O=C(O)CCCC(=O)CCc1ccc(-c2nncnn2)cc1. The molecule has 0 aliphatic carbocycles. The number of benzene rings is 1. The average Bonchev–Trinajstić information content (AvgIpc) is 2.54. The van der Waals surface area contributed by atoms with E-state index in [1.807, 2.05) is 24.3 Å². The first kappa shape index (κ1) is 15.7. The second kappa shape index (κ2) is 7.92. The summed E-state index contributed by atoms with van der Waals surface area (Å²) in [4.78, 5) is 22.0. The summed E-state index contributed by atoms with van der Waals surface area (Å²) in [6.45, 7) is 0. The fourth-order valence-electron chi connectivity index (χ4n) is 1.99. The molecule has 0 bridgehead atoms. The number of carbonyl (C=O) groups excluding carboxylic acids is 1. The summed E-state index contributed by atoms with van der Waals surface area (Å²) in [6, 6.07) is 7.55. The lowest BCUT2D eigenvalue weighted by molar-refractivity contribution is -0.137. The molecular formula is C15H16N4O3. The Balaban J connectivity index is 1.82. The Morgan fingerprint density at radius 2 is 1.64 bits per heavy atom. The monoisotopic (exact) mass is 300 g/mol. The number of aryl methyl sites for hydroxylation is 1. The number of carbonyl (C=O) groups is 2. The second-order valence-electron chi connectivity index (χ2n) is 4.85. The molecule has 7 heteroatoms. The van der Waals surface area contributed by atoms with E-state index in [1.165, 1.54) is 6.33 Å². The molecule has 1 heterocycles. The maximum Gasteiger partial charge on any atom is 0.303 e. The van der Waals surface area contributed by atoms with Crippen LogP contribution >= 0.6 is 0 Å². The lowest BCUT2D eigenvalue weighted by atomic mass is 10.0. The van der Waals surface area contributed by atoms with Crippen LogP contribution < -0.4 is 0 Å². The first-order valence-corrected chi connectivity index (χ1v) is 6.98. The predicted molar refractivity (Wildman–Crippen MR) is 77.9 cm³/mol. The molecule has 1 aromatic heterocycles. The fourth-order valence-corrected chi connectivity index (χ4v) is 1.99. The van der Waals surface area contributed by atoms with E-state index in [0.29, 0.717) is 31.5 Å². The highest BCUT2D eigenvalue weighted by atomic mass is 16.4. The van der Waals surface area contributed by atoms with Gasteiger partial charge in [-0.05, 0) is 18.4 Å². The molecule has 0 fully saturated rings. The maximum atomic E-state index is 11.7. The lowest BCUT2D eigenvalue weighted by Crippen LogP contribution is -2.02. The summed E-state index contributed by atoms with van der Waals surface area (Å²) in [5, 5.41) is 23.6. The summed E-state index contributed by atoms with van der Waals surface area (Å²) in [7, 11) is 0. The molecule has 2 rings (SSSR count). The Kier molecular flexibility index (Phi) is 5.65. The zero-order chi connectivity index (χ0) is 15.8. The van der Waals surface area contributed by atoms with Gasteiger partial charge in [0.2, 0.25) is 5.82 Å². The third-order valence-corrected chi connectivity index (χ3v) is 3.16. The van der Waals surface area contributed by atoms with Crippen LogP contribution in [0.1, 0.15) is 31.2 Å². The molecule has 114 valence electrons. The molecule has 0 saturated carbocycles. The molecule has 0 saturated heterocycles. The highest BCUT2D eigenvalue weighted by Crippen LogP contribution is 2.15. The highest BCUT2D eigenvalue weighted by molar-refractivity contribution is 5.79. The highest BCUT2D eigenvalue weighted by Gasteiger charge is 2.06. The largest absolute Gasteiger partial charge is 0.481 e. The molecule has 22 heavy (non-hydrogen) atoms. The van der Waals surface area contributed by atoms with Crippen LogP contribution in [0.4, 0.5) is 0 Å². The molecule has 0 unspecified atom stereocenters. The van der Waals surface area contributed by atoms with E-state index in [2.05, 4.69) is 20.4 Å². The van der Waals surface area contributed by atoms with E-state index in [-0.39, 0.29) is 12.2 Å². The number of aliphatic carboxylic acids is 1. The van der Waals surface area contributed by atoms with Gasteiger partial charge in [-0.1, -0.05) is 24.3 Å². The summed E-state index contributed by atoms with van der Waals surface area (Å²) in [6.07, 6.45) is 3.09. The van der Waals surface area contributed by atoms with Crippen molar-refractivity contribution in [3.63, 3.8) is 0 Å². The topological polar surface area (TPSA) is 106 Å². The Hall–Kier alpha value is -2.70. The Morgan fingerprint density at radius 1 is 0.955 bits per heavy atom. The average molecular weight is 300 g/mol. The van der Waals surface area contributed by atoms with Crippen LogP contribution in [0, 0.1) is 0 Å². The number of hydrogen-bond acceptors (Lipinski definition) is 6. The maximum absolute atomic E-state index is 11.7. The summed E-state index contributed by atoms with van der Waals surface area (Å²) in [5.74, 6) is -0.320. The fraction of sp³-hybridized carbons (Fsp3) is 0.333. The molecule has 0 aliphatic heterocycles. The standard InChI is InChI=1S/C15H16N4O3/c20-13(2-1-3-14(21)22)9-6-11-4-7-12(8-5-11)15-18-16-10-17-19-15/h4-5,7-8,10H,1-3,6,9H2,(H,21,22). The van der Waals surface area contributed by atoms with Crippen LogP contribution in [0.3, 0.4) is 0 Å². The van der Waals surface area contributed by atoms with Crippen molar-refractivity contribution in [2.75, 3.05) is 0 Å². The molecular weight excluding hydrogens is 284 g/mol. The number of aromatic nitrogens is 4. The van der Waals surface area contributed by atoms with Gasteiger partial charge in [0.1, 0.15) is 5.78 Å². The van der Waals surface area contributed by atoms with Crippen LogP contribution in [0.25, 0.3) is 11.4 Å². The van der Waals surface area contributed by atoms with Gasteiger partial charge in [0.05, 0.1) is 0 Å². The zero-order valence-electron chi connectivity index (χ0n) is 12.0. The van der Waals surface area contributed by atoms with Crippen molar-refractivity contribution in [1.82, 2.24) is 20.4 Å². The van der Waals surface area contributed by atoms with Gasteiger partial charge < -0.3 is 5.11 Å². The minimum Gasteiger partial charge on any atom is -0.481 e. The van der Waals surface area contributed by atoms with Crippen LogP contribution in [-0.2, 0) is 16.0 Å². The third kappa shape index (κ3) is 5.01. The van der Waals surface area contributed by atoms with E-state index in [9.17, 15) is 9.59 Å². The van der Waals surface area contributed by atoms with Gasteiger partial charge in [-0.3, -0.25) is 9.59 Å². The molecule has 0 aliphatic rings. The number of Topliss-reactive ketones (excluding diaryl/α,β-unsaturated/α-hetero) is 1. The first-order valence-electron chi connectivity index (χ1n) is 6.98. The van der Waals surface area contributed by atoms with Crippen LogP contribution in [0.2, 0.25) is 0 Å². The van der Waals surface area contributed by atoms with Crippen molar-refractivity contribution in [3.8, 4) is 11.4 Å². The van der Waals surface area contributed by atoms with E-state index < -0.39 is 5.97 Å². The molecule has 0 amide bonds. The summed E-state index contributed by atoms with van der Waals surface area (Å²) in [5.41, 5.74) is 1.85. The van der Waals surface area contributed by atoms with Gasteiger partial charge in [-0.2, -0.15) is 0 Å². The van der Waals surface area contributed by atoms with E-state index in [4.69, 9.17) is 5.11 Å². The zero-order valence-corrected chi connectivity index (χ0v) is 12.0. The molecule has 0 atom stereocenters. The van der Waals surface area contributed by atoms with Gasteiger partial charge in [0.25, 0.3) is 0 Å².